The standard InChI is InChI=1S/C23H27FN4O4S2/c1-14(16-8-11-32-12-9-16)26-23-27-15(2)21(33-23)17-6-7-19(31-3)20(13-17)34(29,30)28-22-18(24)5-4-10-25-22/h4-7,10,13-14,16H,8-9,11-12H2,1-3H3,(H,25,28)(H,26,27). The lowest BCUT2D eigenvalue weighted by molar-refractivity contribution is 0.0622. The summed E-state index contributed by atoms with van der Waals surface area (Å²) in [4.78, 5) is 9.16. The zero-order valence-electron chi connectivity index (χ0n) is 19.2. The molecule has 2 N–H and O–H groups in total. The van der Waals surface area contributed by atoms with Crippen molar-refractivity contribution in [3.05, 3.63) is 48.0 Å². The number of nitrogens with one attached hydrogen (secondary N) is 2. The van der Waals surface area contributed by atoms with Crippen molar-refractivity contribution in [1.82, 2.24) is 9.97 Å². The third-order valence-electron chi connectivity index (χ3n) is 5.83. The minimum Gasteiger partial charge on any atom is -0.495 e. The molecular weight excluding hydrogens is 479 g/mol. The molecule has 11 heteroatoms. The van der Waals surface area contributed by atoms with Crippen LogP contribution in [0.25, 0.3) is 10.4 Å². The second-order valence-electron chi connectivity index (χ2n) is 8.12. The predicted octanol–water partition coefficient (Wildman–Crippen LogP) is 4.69. The second-order valence-corrected chi connectivity index (χ2v) is 10.8. The molecular formula is C23H27FN4O4S2. The molecule has 2 aromatic heterocycles. The van der Waals surface area contributed by atoms with Gasteiger partial charge in [-0.3, -0.25) is 4.72 Å². The van der Waals surface area contributed by atoms with Crippen LogP contribution in [0.2, 0.25) is 0 Å². The van der Waals surface area contributed by atoms with Crippen molar-refractivity contribution >= 4 is 32.3 Å². The Labute approximate surface area is 202 Å². The van der Waals surface area contributed by atoms with Gasteiger partial charge in [0.05, 0.1) is 17.7 Å². The van der Waals surface area contributed by atoms with Gasteiger partial charge in [0, 0.05) is 25.5 Å². The molecule has 34 heavy (non-hydrogen) atoms. The number of anilines is 2. The minimum atomic E-state index is -4.17. The van der Waals surface area contributed by atoms with Crippen molar-refractivity contribution in [2.45, 2.75) is 37.6 Å². The summed E-state index contributed by atoms with van der Waals surface area (Å²) >= 11 is 1.46. The summed E-state index contributed by atoms with van der Waals surface area (Å²) in [5.41, 5.74) is 1.45. The average Bonchev–Trinajstić information content (AvgIpc) is 3.20. The molecule has 1 fully saturated rings. The number of rotatable bonds is 8. The molecule has 1 saturated heterocycles. The largest absolute Gasteiger partial charge is 0.495 e. The third-order valence-corrected chi connectivity index (χ3v) is 8.32. The molecule has 1 aliphatic rings. The number of methoxy groups -OCH3 is 1. The number of thiazole rings is 1. The van der Waals surface area contributed by atoms with E-state index in [0.717, 1.165) is 47.8 Å². The van der Waals surface area contributed by atoms with E-state index in [0.29, 0.717) is 11.5 Å². The minimum absolute atomic E-state index is 0.115. The Kier molecular flexibility index (Phi) is 7.34. The average molecular weight is 507 g/mol. The molecule has 3 heterocycles. The Bertz CT molecular complexity index is 1260. The van der Waals surface area contributed by atoms with Gasteiger partial charge in [-0.15, -0.1) is 0 Å². The van der Waals surface area contributed by atoms with Gasteiger partial charge in [-0.25, -0.2) is 22.8 Å². The molecule has 1 unspecified atom stereocenters. The molecule has 0 aliphatic carbocycles. The number of ether oxygens (including phenoxy) is 2. The van der Waals surface area contributed by atoms with Crippen LogP contribution >= 0.6 is 11.3 Å². The zero-order chi connectivity index (χ0) is 24.3. The van der Waals surface area contributed by atoms with Gasteiger partial charge in [-0.05, 0) is 68.5 Å². The van der Waals surface area contributed by atoms with E-state index >= 15 is 0 Å². The van der Waals surface area contributed by atoms with Crippen molar-refractivity contribution < 1.29 is 22.3 Å². The molecule has 0 bridgehead atoms. The first-order valence-corrected chi connectivity index (χ1v) is 13.2. The van der Waals surface area contributed by atoms with Gasteiger partial charge in [-0.1, -0.05) is 11.3 Å². The number of halogens is 1. The monoisotopic (exact) mass is 506 g/mol. The summed E-state index contributed by atoms with van der Waals surface area (Å²) in [6, 6.07) is 7.63. The zero-order valence-corrected chi connectivity index (χ0v) is 20.8. The number of hydrogen-bond donors (Lipinski definition) is 2. The Morgan fingerprint density at radius 1 is 1.26 bits per heavy atom. The Balaban J connectivity index is 1.62. The van der Waals surface area contributed by atoms with E-state index < -0.39 is 15.8 Å². The van der Waals surface area contributed by atoms with E-state index in [4.69, 9.17) is 9.47 Å². The van der Waals surface area contributed by atoms with Gasteiger partial charge in [-0.2, -0.15) is 0 Å². The number of aryl methyl sites for hydroxylation is 1. The predicted molar refractivity (Wildman–Crippen MR) is 130 cm³/mol. The Hall–Kier alpha value is -2.76. The van der Waals surface area contributed by atoms with Crippen LogP contribution in [0.3, 0.4) is 0 Å². The van der Waals surface area contributed by atoms with E-state index in [2.05, 4.69) is 26.9 Å². The molecule has 1 aliphatic heterocycles. The molecule has 3 aromatic rings. The quantitative estimate of drug-likeness (QED) is 0.457. The van der Waals surface area contributed by atoms with Gasteiger partial charge in [0.2, 0.25) is 0 Å². The topological polar surface area (TPSA) is 102 Å². The normalized spacial score (nSPS) is 15.6. The molecule has 0 amide bonds. The van der Waals surface area contributed by atoms with Crippen LogP contribution in [0.1, 0.15) is 25.5 Å². The Morgan fingerprint density at radius 3 is 2.74 bits per heavy atom. The highest BCUT2D eigenvalue weighted by molar-refractivity contribution is 7.92. The third kappa shape index (κ3) is 5.31. The first kappa shape index (κ1) is 24.4. The van der Waals surface area contributed by atoms with Crippen molar-refractivity contribution in [2.24, 2.45) is 5.92 Å². The van der Waals surface area contributed by atoms with Crippen LogP contribution in [-0.2, 0) is 14.8 Å². The lowest BCUT2D eigenvalue weighted by Crippen LogP contribution is -2.30. The number of nitrogens with zero attached hydrogens (tertiary/aromatic N) is 2. The number of sulfonamides is 1. The fourth-order valence-electron chi connectivity index (χ4n) is 3.93. The first-order valence-electron chi connectivity index (χ1n) is 10.9. The van der Waals surface area contributed by atoms with Crippen molar-refractivity contribution in [2.75, 3.05) is 30.4 Å². The lowest BCUT2D eigenvalue weighted by Gasteiger charge is -2.28. The van der Waals surface area contributed by atoms with Crippen molar-refractivity contribution in [3.8, 4) is 16.2 Å². The van der Waals surface area contributed by atoms with Crippen LogP contribution in [0.15, 0.2) is 41.4 Å². The first-order chi connectivity index (χ1) is 16.3. The highest BCUT2D eigenvalue weighted by Gasteiger charge is 2.25. The second kappa shape index (κ2) is 10.2. The molecule has 4 rings (SSSR count). The Morgan fingerprint density at radius 2 is 2.03 bits per heavy atom. The van der Waals surface area contributed by atoms with Crippen LogP contribution in [-0.4, -0.2) is 44.8 Å². The molecule has 8 nitrogen and oxygen atoms in total. The number of hydrogen-bond acceptors (Lipinski definition) is 8. The summed E-state index contributed by atoms with van der Waals surface area (Å²) in [7, 11) is -2.79. The van der Waals surface area contributed by atoms with E-state index in [1.165, 1.54) is 36.8 Å². The molecule has 1 atom stereocenters. The van der Waals surface area contributed by atoms with Crippen LogP contribution in [0.5, 0.6) is 5.75 Å². The fourth-order valence-corrected chi connectivity index (χ4v) is 6.20. The number of pyridine rings is 1. The van der Waals surface area contributed by atoms with Gasteiger partial charge >= 0.3 is 0 Å². The summed E-state index contributed by atoms with van der Waals surface area (Å²) < 4.78 is 53.1. The summed E-state index contributed by atoms with van der Waals surface area (Å²) in [5, 5.41) is 4.27. The SMILES string of the molecule is COc1ccc(-c2sc(NC(C)C3CCOCC3)nc2C)cc1S(=O)(=O)Nc1ncccc1F. The molecule has 0 radical (unpaired) electrons. The highest BCUT2D eigenvalue weighted by Crippen LogP contribution is 2.37. The van der Waals surface area contributed by atoms with E-state index in [1.807, 2.05) is 6.92 Å². The molecule has 1 aromatic carbocycles. The van der Waals surface area contributed by atoms with Gasteiger partial charge in [0.1, 0.15) is 10.6 Å². The summed E-state index contributed by atoms with van der Waals surface area (Å²) in [6.07, 6.45) is 3.33. The van der Waals surface area contributed by atoms with Crippen molar-refractivity contribution in [1.29, 1.82) is 0 Å². The van der Waals surface area contributed by atoms with Gasteiger partial charge < -0.3 is 14.8 Å². The van der Waals surface area contributed by atoms with Crippen LogP contribution in [0, 0.1) is 18.7 Å². The molecule has 0 saturated carbocycles. The van der Waals surface area contributed by atoms with Gasteiger partial charge in [0.25, 0.3) is 10.0 Å². The van der Waals surface area contributed by atoms with Crippen molar-refractivity contribution in [3.63, 3.8) is 0 Å². The van der Waals surface area contributed by atoms with Gasteiger partial charge in [0.15, 0.2) is 16.8 Å². The smallest absolute Gasteiger partial charge is 0.266 e. The highest BCUT2D eigenvalue weighted by atomic mass is 32.2. The molecule has 182 valence electrons. The van der Waals surface area contributed by atoms with Crippen LogP contribution < -0.4 is 14.8 Å². The maximum atomic E-state index is 14.0. The maximum Gasteiger partial charge on any atom is 0.266 e. The number of aromatic nitrogens is 2. The lowest BCUT2D eigenvalue weighted by atomic mass is 9.93. The summed E-state index contributed by atoms with van der Waals surface area (Å²) in [5.74, 6) is -0.496. The molecule has 0 spiro atoms. The van der Waals surface area contributed by atoms with E-state index in [1.54, 1.807) is 12.1 Å². The summed E-state index contributed by atoms with van der Waals surface area (Å²) in [6.45, 7) is 5.58. The number of benzene rings is 1. The van der Waals surface area contributed by atoms with Crippen LogP contribution in [0.4, 0.5) is 15.3 Å². The fraction of sp³-hybridized carbons (Fsp3) is 0.391. The van der Waals surface area contributed by atoms with E-state index in [-0.39, 0.29) is 22.5 Å². The van der Waals surface area contributed by atoms with E-state index in [9.17, 15) is 12.8 Å². The maximum absolute atomic E-state index is 14.0.